The highest BCUT2D eigenvalue weighted by molar-refractivity contribution is 9.10. The zero-order chi connectivity index (χ0) is 12.3. The Labute approximate surface area is 109 Å². The number of pyridine rings is 1. The molecular formula is C13H13BrN2O. The Bertz CT molecular complexity index is 529. The standard InChI is InChI=1S/C13H13BrN2O/c1-9-4-5-15-13(6-9)16-8-10-7-11(14)2-3-12(10)17/h2-7,17H,8H2,1H3,(H,15,16). The number of rotatable bonds is 3. The molecule has 0 amide bonds. The number of aromatic nitrogens is 1. The lowest BCUT2D eigenvalue weighted by Gasteiger charge is -2.08. The van der Waals surface area contributed by atoms with E-state index in [4.69, 9.17) is 0 Å². The second-order valence-electron chi connectivity index (χ2n) is 3.85. The van der Waals surface area contributed by atoms with Crippen molar-refractivity contribution in [1.82, 2.24) is 4.98 Å². The molecule has 2 rings (SSSR count). The molecule has 1 heterocycles. The zero-order valence-electron chi connectivity index (χ0n) is 9.44. The summed E-state index contributed by atoms with van der Waals surface area (Å²) in [5.74, 6) is 1.10. The van der Waals surface area contributed by atoms with Gasteiger partial charge in [-0.2, -0.15) is 0 Å². The molecule has 0 unspecified atom stereocenters. The summed E-state index contributed by atoms with van der Waals surface area (Å²) >= 11 is 3.38. The fourth-order valence-electron chi connectivity index (χ4n) is 1.51. The molecule has 0 fully saturated rings. The Morgan fingerprint density at radius 2 is 2.12 bits per heavy atom. The Morgan fingerprint density at radius 1 is 1.29 bits per heavy atom. The van der Waals surface area contributed by atoms with Gasteiger partial charge in [0, 0.05) is 22.8 Å². The van der Waals surface area contributed by atoms with Gasteiger partial charge in [-0.3, -0.25) is 0 Å². The third-order valence-electron chi connectivity index (χ3n) is 2.42. The molecule has 2 N–H and O–H groups in total. The number of nitrogens with zero attached hydrogens (tertiary/aromatic N) is 1. The van der Waals surface area contributed by atoms with E-state index < -0.39 is 0 Å². The number of aromatic hydroxyl groups is 1. The number of hydrogen-bond acceptors (Lipinski definition) is 3. The van der Waals surface area contributed by atoms with E-state index in [9.17, 15) is 5.11 Å². The van der Waals surface area contributed by atoms with Gasteiger partial charge >= 0.3 is 0 Å². The summed E-state index contributed by atoms with van der Waals surface area (Å²) in [7, 11) is 0. The van der Waals surface area contributed by atoms with Crippen LogP contribution in [0.1, 0.15) is 11.1 Å². The summed E-state index contributed by atoms with van der Waals surface area (Å²) < 4.78 is 0.948. The van der Waals surface area contributed by atoms with Crippen LogP contribution < -0.4 is 5.32 Å². The number of nitrogens with one attached hydrogen (secondary N) is 1. The number of benzene rings is 1. The number of phenols is 1. The molecule has 17 heavy (non-hydrogen) atoms. The molecular weight excluding hydrogens is 280 g/mol. The molecule has 3 nitrogen and oxygen atoms in total. The monoisotopic (exact) mass is 292 g/mol. The fraction of sp³-hybridized carbons (Fsp3) is 0.154. The third-order valence-corrected chi connectivity index (χ3v) is 2.91. The molecule has 0 spiro atoms. The lowest BCUT2D eigenvalue weighted by molar-refractivity contribution is 0.469. The maximum Gasteiger partial charge on any atom is 0.126 e. The second-order valence-corrected chi connectivity index (χ2v) is 4.76. The molecule has 0 radical (unpaired) electrons. The lowest BCUT2D eigenvalue weighted by Crippen LogP contribution is -2.01. The highest BCUT2D eigenvalue weighted by Gasteiger charge is 2.02. The van der Waals surface area contributed by atoms with Gasteiger partial charge in [0.1, 0.15) is 11.6 Å². The van der Waals surface area contributed by atoms with E-state index in [1.165, 1.54) is 0 Å². The van der Waals surface area contributed by atoms with E-state index >= 15 is 0 Å². The number of phenolic OH excluding ortho intramolecular Hbond substituents is 1. The van der Waals surface area contributed by atoms with Gasteiger partial charge in [0.25, 0.3) is 0 Å². The van der Waals surface area contributed by atoms with Gasteiger partial charge in [0.05, 0.1) is 0 Å². The molecule has 2 aromatic rings. The quantitative estimate of drug-likeness (QED) is 0.910. The van der Waals surface area contributed by atoms with Crippen LogP contribution in [0.4, 0.5) is 5.82 Å². The first-order valence-electron chi connectivity index (χ1n) is 5.29. The smallest absolute Gasteiger partial charge is 0.126 e. The van der Waals surface area contributed by atoms with Crippen LogP contribution in [0.15, 0.2) is 41.0 Å². The normalized spacial score (nSPS) is 10.2. The van der Waals surface area contributed by atoms with E-state index in [1.807, 2.05) is 31.2 Å². The molecule has 0 atom stereocenters. The molecule has 4 heteroatoms. The molecule has 0 aliphatic rings. The van der Waals surface area contributed by atoms with E-state index in [0.717, 1.165) is 21.4 Å². The first-order valence-corrected chi connectivity index (χ1v) is 6.08. The average Bonchev–Trinajstić information content (AvgIpc) is 2.30. The van der Waals surface area contributed by atoms with Crippen LogP contribution >= 0.6 is 15.9 Å². The lowest BCUT2D eigenvalue weighted by atomic mass is 10.2. The molecule has 1 aromatic carbocycles. The summed E-state index contributed by atoms with van der Waals surface area (Å²) in [5.41, 5.74) is 1.99. The predicted octanol–water partition coefficient (Wildman–Crippen LogP) is 3.47. The van der Waals surface area contributed by atoms with Crippen molar-refractivity contribution in [3.63, 3.8) is 0 Å². The van der Waals surface area contributed by atoms with E-state index in [-0.39, 0.29) is 5.75 Å². The van der Waals surface area contributed by atoms with Crippen molar-refractivity contribution in [3.05, 3.63) is 52.1 Å². The van der Waals surface area contributed by atoms with Crippen LogP contribution in [0.2, 0.25) is 0 Å². The summed E-state index contributed by atoms with van der Waals surface area (Å²) in [5, 5.41) is 12.9. The predicted molar refractivity (Wildman–Crippen MR) is 72.1 cm³/mol. The highest BCUT2D eigenvalue weighted by Crippen LogP contribution is 2.22. The Morgan fingerprint density at radius 3 is 2.88 bits per heavy atom. The van der Waals surface area contributed by atoms with Gasteiger partial charge in [-0.1, -0.05) is 15.9 Å². The van der Waals surface area contributed by atoms with E-state index in [0.29, 0.717) is 6.54 Å². The number of halogens is 1. The van der Waals surface area contributed by atoms with Crippen LogP contribution in [0.5, 0.6) is 5.75 Å². The Kier molecular flexibility index (Phi) is 3.64. The van der Waals surface area contributed by atoms with Crippen LogP contribution in [0, 0.1) is 6.92 Å². The minimum atomic E-state index is 0.286. The Balaban J connectivity index is 2.09. The summed E-state index contributed by atoms with van der Waals surface area (Å²) in [4.78, 5) is 4.20. The fourth-order valence-corrected chi connectivity index (χ4v) is 1.92. The van der Waals surface area contributed by atoms with E-state index in [2.05, 4.69) is 26.2 Å². The SMILES string of the molecule is Cc1ccnc(NCc2cc(Br)ccc2O)c1. The van der Waals surface area contributed by atoms with Crippen molar-refractivity contribution in [2.75, 3.05) is 5.32 Å². The van der Waals surface area contributed by atoms with Gasteiger partial charge in [-0.25, -0.2) is 4.98 Å². The minimum absolute atomic E-state index is 0.286. The largest absolute Gasteiger partial charge is 0.508 e. The maximum absolute atomic E-state index is 9.69. The van der Waals surface area contributed by atoms with Gasteiger partial charge < -0.3 is 10.4 Å². The highest BCUT2D eigenvalue weighted by atomic mass is 79.9. The Hall–Kier alpha value is -1.55. The topological polar surface area (TPSA) is 45.2 Å². The van der Waals surface area contributed by atoms with Crippen LogP contribution in [0.3, 0.4) is 0 Å². The van der Waals surface area contributed by atoms with Gasteiger partial charge in [-0.05, 0) is 42.8 Å². The van der Waals surface area contributed by atoms with Crippen molar-refractivity contribution in [2.45, 2.75) is 13.5 Å². The first-order chi connectivity index (χ1) is 8.15. The molecule has 0 saturated carbocycles. The van der Waals surface area contributed by atoms with Crippen molar-refractivity contribution < 1.29 is 5.11 Å². The summed E-state index contributed by atoms with van der Waals surface area (Å²) in [6, 6.07) is 9.28. The van der Waals surface area contributed by atoms with Gasteiger partial charge in [0.2, 0.25) is 0 Å². The maximum atomic E-state index is 9.69. The van der Waals surface area contributed by atoms with Crippen LogP contribution in [-0.2, 0) is 6.54 Å². The van der Waals surface area contributed by atoms with E-state index in [1.54, 1.807) is 12.3 Å². The summed E-state index contributed by atoms with van der Waals surface area (Å²) in [6.07, 6.45) is 1.76. The van der Waals surface area contributed by atoms with Gasteiger partial charge in [0.15, 0.2) is 0 Å². The van der Waals surface area contributed by atoms with Crippen molar-refractivity contribution in [2.24, 2.45) is 0 Å². The second kappa shape index (κ2) is 5.19. The minimum Gasteiger partial charge on any atom is -0.508 e. The van der Waals surface area contributed by atoms with Crippen molar-refractivity contribution >= 4 is 21.7 Å². The zero-order valence-corrected chi connectivity index (χ0v) is 11.0. The molecule has 0 bridgehead atoms. The van der Waals surface area contributed by atoms with Crippen LogP contribution in [0.25, 0.3) is 0 Å². The molecule has 88 valence electrons. The molecule has 0 aliphatic heterocycles. The van der Waals surface area contributed by atoms with Crippen molar-refractivity contribution in [3.8, 4) is 5.75 Å². The van der Waals surface area contributed by atoms with Crippen molar-refractivity contribution in [1.29, 1.82) is 0 Å². The number of hydrogen-bond donors (Lipinski definition) is 2. The molecule has 0 saturated heterocycles. The number of anilines is 1. The average molecular weight is 293 g/mol. The third kappa shape index (κ3) is 3.20. The molecule has 0 aliphatic carbocycles. The first kappa shape index (κ1) is 11.9. The summed E-state index contributed by atoms with van der Waals surface area (Å²) in [6.45, 7) is 2.56. The van der Waals surface area contributed by atoms with Gasteiger partial charge in [-0.15, -0.1) is 0 Å². The number of aryl methyl sites for hydroxylation is 1. The molecule has 1 aromatic heterocycles. The van der Waals surface area contributed by atoms with Crippen LogP contribution in [-0.4, -0.2) is 10.1 Å².